The van der Waals surface area contributed by atoms with Crippen molar-refractivity contribution >= 4 is 46.5 Å². The van der Waals surface area contributed by atoms with Crippen LogP contribution in [0.15, 0.2) is 66.0 Å². The van der Waals surface area contributed by atoms with E-state index in [4.69, 9.17) is 9.47 Å². The van der Waals surface area contributed by atoms with Crippen LogP contribution in [0.5, 0.6) is 5.75 Å². The van der Waals surface area contributed by atoms with Crippen LogP contribution in [0.2, 0.25) is 0 Å². The first-order valence-electron chi connectivity index (χ1n) is 14.4. The number of carbonyl (C=O) groups is 4. The number of nitrogens with one attached hydrogen (secondary N) is 2. The van der Waals surface area contributed by atoms with Crippen molar-refractivity contribution in [3.05, 3.63) is 76.5 Å². The van der Waals surface area contributed by atoms with E-state index in [0.717, 1.165) is 4.88 Å². The maximum atomic E-state index is 13.3. The highest BCUT2D eigenvalue weighted by Crippen LogP contribution is 2.30. The standard InChI is InChI=1S/C31H35N5O7S/c37-28(21-43-23-5-2-1-3-6-23)32-24-19-22(30(40)33-25(20-29(38)39)27-7-4-18-44-27)8-9-26(24)34-10-12-35(13-11-34)31(41)36-14-16-42-17-15-36/h1-9,18-19,25H,10-17,20-21H2,(H,32,37)(H,33,40)(H,38,39). The van der Waals surface area contributed by atoms with Gasteiger partial charge in [-0.2, -0.15) is 0 Å². The molecule has 2 aliphatic rings. The molecule has 5 rings (SSSR count). The number of para-hydroxylation sites is 1. The Balaban J connectivity index is 1.31. The van der Waals surface area contributed by atoms with Gasteiger partial charge in [0.05, 0.1) is 37.1 Å². The van der Waals surface area contributed by atoms with Gasteiger partial charge in [0.15, 0.2) is 6.61 Å². The number of carboxylic acids is 1. The Hall–Kier alpha value is -4.62. The van der Waals surface area contributed by atoms with E-state index in [9.17, 15) is 24.3 Å². The fourth-order valence-electron chi connectivity index (χ4n) is 5.13. The lowest BCUT2D eigenvalue weighted by Crippen LogP contribution is -2.55. The number of aliphatic carboxylic acids is 1. The Bertz CT molecular complexity index is 1440. The van der Waals surface area contributed by atoms with Crippen LogP contribution in [0, 0.1) is 0 Å². The van der Waals surface area contributed by atoms with E-state index in [0.29, 0.717) is 69.6 Å². The molecule has 0 aliphatic carbocycles. The van der Waals surface area contributed by atoms with Crippen LogP contribution in [0.25, 0.3) is 0 Å². The maximum absolute atomic E-state index is 13.3. The Morgan fingerprint density at radius 2 is 1.64 bits per heavy atom. The van der Waals surface area contributed by atoms with E-state index in [1.807, 2.05) is 28.5 Å². The number of nitrogens with zero attached hydrogens (tertiary/aromatic N) is 3. The molecular formula is C31H35N5O7S. The zero-order valence-electron chi connectivity index (χ0n) is 24.1. The van der Waals surface area contributed by atoms with Gasteiger partial charge in [-0.15, -0.1) is 11.3 Å². The SMILES string of the molecule is O=C(O)CC(NC(=O)c1ccc(N2CCN(C(=O)N3CCOCC3)CC2)c(NC(=O)COc2ccccc2)c1)c1cccs1. The summed E-state index contributed by atoms with van der Waals surface area (Å²) < 4.78 is 11.0. The lowest BCUT2D eigenvalue weighted by Gasteiger charge is -2.39. The number of carboxylic acid groups (broad SMARTS) is 1. The van der Waals surface area contributed by atoms with Gasteiger partial charge in [-0.05, 0) is 41.8 Å². The van der Waals surface area contributed by atoms with Crippen molar-refractivity contribution in [1.82, 2.24) is 15.1 Å². The molecule has 2 aliphatic heterocycles. The van der Waals surface area contributed by atoms with E-state index in [1.165, 1.54) is 11.3 Å². The number of ether oxygens (including phenoxy) is 2. The molecule has 1 aromatic heterocycles. The number of hydrogen-bond acceptors (Lipinski definition) is 8. The zero-order valence-corrected chi connectivity index (χ0v) is 25.0. The van der Waals surface area contributed by atoms with Crippen molar-refractivity contribution in [1.29, 1.82) is 0 Å². The molecule has 2 aromatic carbocycles. The number of carbonyl (C=O) groups excluding carboxylic acids is 3. The predicted molar refractivity (Wildman–Crippen MR) is 165 cm³/mol. The second-order valence-corrected chi connectivity index (χ2v) is 11.4. The third-order valence-corrected chi connectivity index (χ3v) is 8.38. The summed E-state index contributed by atoms with van der Waals surface area (Å²) in [7, 11) is 0. The second kappa shape index (κ2) is 14.7. The molecule has 2 fully saturated rings. The summed E-state index contributed by atoms with van der Waals surface area (Å²) >= 11 is 1.36. The molecule has 3 N–H and O–H groups in total. The van der Waals surface area contributed by atoms with E-state index in [1.54, 1.807) is 47.4 Å². The lowest BCUT2D eigenvalue weighted by atomic mass is 10.1. The van der Waals surface area contributed by atoms with E-state index >= 15 is 0 Å². The van der Waals surface area contributed by atoms with Gasteiger partial charge in [0.2, 0.25) is 0 Å². The molecule has 12 nitrogen and oxygen atoms in total. The van der Waals surface area contributed by atoms with Crippen molar-refractivity contribution in [3.8, 4) is 5.75 Å². The monoisotopic (exact) mass is 621 g/mol. The number of urea groups is 1. The highest BCUT2D eigenvalue weighted by Gasteiger charge is 2.28. The van der Waals surface area contributed by atoms with Crippen LogP contribution >= 0.6 is 11.3 Å². The molecule has 4 amide bonds. The van der Waals surface area contributed by atoms with Gasteiger partial charge in [-0.25, -0.2) is 4.79 Å². The Kier molecular flexibility index (Phi) is 10.3. The highest BCUT2D eigenvalue weighted by molar-refractivity contribution is 7.10. The van der Waals surface area contributed by atoms with E-state index in [-0.39, 0.29) is 24.6 Å². The molecule has 13 heteroatoms. The molecule has 0 radical (unpaired) electrons. The molecule has 0 spiro atoms. The number of anilines is 2. The van der Waals surface area contributed by atoms with Crippen LogP contribution in [-0.4, -0.2) is 97.8 Å². The predicted octanol–water partition coefficient (Wildman–Crippen LogP) is 3.29. The first-order chi connectivity index (χ1) is 21.4. The summed E-state index contributed by atoms with van der Waals surface area (Å²) in [6.45, 7) is 4.05. The van der Waals surface area contributed by atoms with Gasteiger partial charge in [-0.1, -0.05) is 24.3 Å². The van der Waals surface area contributed by atoms with Crippen molar-refractivity contribution < 1.29 is 33.8 Å². The smallest absolute Gasteiger partial charge is 0.320 e. The van der Waals surface area contributed by atoms with Crippen molar-refractivity contribution in [2.24, 2.45) is 0 Å². The molecule has 3 heterocycles. The minimum Gasteiger partial charge on any atom is -0.484 e. The first-order valence-corrected chi connectivity index (χ1v) is 15.3. The average Bonchev–Trinajstić information content (AvgIpc) is 3.59. The molecule has 0 saturated carbocycles. The summed E-state index contributed by atoms with van der Waals surface area (Å²) in [6, 6.07) is 16.9. The van der Waals surface area contributed by atoms with Crippen molar-refractivity contribution in [2.45, 2.75) is 12.5 Å². The van der Waals surface area contributed by atoms with Crippen LogP contribution in [0.1, 0.15) is 27.7 Å². The number of thiophene rings is 1. The Labute approximate surface area is 259 Å². The lowest BCUT2D eigenvalue weighted by molar-refractivity contribution is -0.137. The van der Waals surface area contributed by atoms with Gasteiger partial charge in [0, 0.05) is 49.7 Å². The minimum atomic E-state index is -1.03. The molecule has 1 atom stereocenters. The molecule has 1 unspecified atom stereocenters. The fourth-order valence-corrected chi connectivity index (χ4v) is 5.90. The number of hydrogen-bond donors (Lipinski definition) is 3. The highest BCUT2D eigenvalue weighted by atomic mass is 32.1. The van der Waals surface area contributed by atoms with E-state index in [2.05, 4.69) is 15.5 Å². The number of rotatable bonds is 10. The topological polar surface area (TPSA) is 141 Å². The molecule has 44 heavy (non-hydrogen) atoms. The Morgan fingerprint density at radius 3 is 2.32 bits per heavy atom. The second-order valence-electron chi connectivity index (χ2n) is 10.4. The number of amides is 4. The summed E-state index contributed by atoms with van der Waals surface area (Å²) in [5.41, 5.74) is 1.38. The third-order valence-electron chi connectivity index (χ3n) is 7.39. The quantitative estimate of drug-likeness (QED) is 0.313. The summed E-state index contributed by atoms with van der Waals surface area (Å²) in [6.07, 6.45) is -0.266. The summed E-state index contributed by atoms with van der Waals surface area (Å²) in [5, 5.41) is 16.9. The Morgan fingerprint density at radius 1 is 0.909 bits per heavy atom. The van der Waals surface area contributed by atoms with Crippen LogP contribution in [0.4, 0.5) is 16.2 Å². The summed E-state index contributed by atoms with van der Waals surface area (Å²) in [5.74, 6) is -1.35. The number of benzene rings is 2. The fraction of sp³-hybridized carbons (Fsp3) is 0.355. The molecule has 0 bridgehead atoms. The minimum absolute atomic E-state index is 0.00629. The van der Waals surface area contributed by atoms with Gasteiger partial charge in [0.1, 0.15) is 5.75 Å². The summed E-state index contributed by atoms with van der Waals surface area (Å²) in [4.78, 5) is 57.2. The molecule has 3 aromatic rings. The number of piperazine rings is 1. The van der Waals surface area contributed by atoms with Crippen LogP contribution < -0.4 is 20.3 Å². The van der Waals surface area contributed by atoms with E-state index < -0.39 is 23.8 Å². The number of morpholine rings is 1. The maximum Gasteiger partial charge on any atom is 0.320 e. The third kappa shape index (κ3) is 8.05. The first kappa shape index (κ1) is 30.8. The van der Waals surface area contributed by atoms with Gasteiger partial charge in [0.25, 0.3) is 11.8 Å². The normalized spacial score (nSPS) is 15.8. The van der Waals surface area contributed by atoms with Gasteiger partial charge < -0.3 is 39.9 Å². The van der Waals surface area contributed by atoms with Gasteiger partial charge >= 0.3 is 12.0 Å². The average molecular weight is 622 g/mol. The molecule has 232 valence electrons. The zero-order chi connectivity index (χ0) is 30.9. The van der Waals surface area contributed by atoms with Crippen molar-refractivity contribution in [2.75, 3.05) is 69.3 Å². The van der Waals surface area contributed by atoms with Gasteiger partial charge in [-0.3, -0.25) is 14.4 Å². The van der Waals surface area contributed by atoms with Crippen molar-refractivity contribution in [3.63, 3.8) is 0 Å². The molecule has 2 saturated heterocycles. The van der Waals surface area contributed by atoms with Crippen LogP contribution in [-0.2, 0) is 14.3 Å². The van der Waals surface area contributed by atoms with Crippen LogP contribution in [0.3, 0.4) is 0 Å². The molecular weight excluding hydrogens is 586 g/mol. The largest absolute Gasteiger partial charge is 0.484 e.